The normalized spacial score (nSPS) is 12.7. The number of nitrogens with one attached hydrogen (secondary N) is 2. The summed E-state index contributed by atoms with van der Waals surface area (Å²) in [6, 6.07) is 11.1. The quantitative estimate of drug-likeness (QED) is 0.846. The largest absolute Gasteiger partial charge is 0.384 e. The Morgan fingerprint density at radius 1 is 1.25 bits per heavy atom. The molecule has 20 heavy (non-hydrogen) atoms. The smallest absolute Gasteiger partial charge is 0.257 e. The highest BCUT2D eigenvalue weighted by atomic mass is 79.9. The number of benzene rings is 2. The summed E-state index contributed by atoms with van der Waals surface area (Å²) in [5.74, 6) is -0.206. The van der Waals surface area contributed by atoms with Crippen LogP contribution in [0.4, 0.5) is 11.4 Å². The van der Waals surface area contributed by atoms with Gasteiger partial charge in [-0.25, -0.2) is 0 Å². The van der Waals surface area contributed by atoms with Gasteiger partial charge >= 0.3 is 0 Å². The van der Waals surface area contributed by atoms with Crippen molar-refractivity contribution in [2.75, 3.05) is 17.2 Å². The van der Waals surface area contributed by atoms with Gasteiger partial charge in [0, 0.05) is 22.4 Å². The molecule has 1 aliphatic heterocycles. The van der Waals surface area contributed by atoms with Crippen LogP contribution < -0.4 is 10.6 Å². The monoisotopic (exact) mass is 350 g/mol. The molecule has 0 saturated carbocycles. The Labute approximate surface area is 130 Å². The standard InChI is InChI=1S/C15H12BrClN2O/c16-10-1-3-13(17)12(8-10)15(20)19-11-2-4-14-9(7-11)5-6-18-14/h1-4,7-8,18H,5-6H2,(H,19,20). The van der Waals surface area contributed by atoms with Crippen LogP contribution in [0.25, 0.3) is 0 Å². The van der Waals surface area contributed by atoms with Gasteiger partial charge in [0.2, 0.25) is 0 Å². The molecule has 1 amide bonds. The van der Waals surface area contributed by atoms with Crippen LogP contribution in [-0.4, -0.2) is 12.5 Å². The van der Waals surface area contributed by atoms with Gasteiger partial charge in [-0.15, -0.1) is 0 Å². The first kappa shape index (κ1) is 13.5. The molecule has 2 N–H and O–H groups in total. The van der Waals surface area contributed by atoms with Gasteiger partial charge in [0.1, 0.15) is 0 Å². The zero-order valence-corrected chi connectivity index (χ0v) is 12.9. The van der Waals surface area contributed by atoms with Gasteiger partial charge < -0.3 is 10.6 Å². The average molecular weight is 352 g/mol. The molecule has 0 aromatic heterocycles. The van der Waals surface area contributed by atoms with E-state index in [0.717, 1.165) is 28.8 Å². The lowest BCUT2D eigenvalue weighted by molar-refractivity contribution is 0.102. The second kappa shape index (κ2) is 5.46. The first-order valence-electron chi connectivity index (χ1n) is 6.27. The molecule has 3 nitrogen and oxygen atoms in total. The number of fused-ring (bicyclic) bond motifs is 1. The zero-order chi connectivity index (χ0) is 14.1. The number of carbonyl (C=O) groups excluding carboxylic acids is 1. The minimum Gasteiger partial charge on any atom is -0.384 e. The summed E-state index contributed by atoms with van der Waals surface area (Å²) in [6.45, 7) is 0.949. The first-order valence-corrected chi connectivity index (χ1v) is 7.44. The lowest BCUT2D eigenvalue weighted by atomic mass is 10.1. The molecular formula is C15H12BrClN2O. The predicted molar refractivity (Wildman–Crippen MR) is 85.7 cm³/mol. The molecule has 0 saturated heterocycles. The molecule has 3 rings (SSSR count). The molecule has 0 fully saturated rings. The van der Waals surface area contributed by atoms with E-state index in [0.29, 0.717) is 10.6 Å². The van der Waals surface area contributed by atoms with Crippen LogP contribution in [0.1, 0.15) is 15.9 Å². The van der Waals surface area contributed by atoms with Crippen LogP contribution in [0, 0.1) is 0 Å². The highest BCUT2D eigenvalue weighted by Gasteiger charge is 2.14. The summed E-state index contributed by atoms with van der Waals surface area (Å²) in [5.41, 5.74) is 3.61. The molecule has 0 unspecified atom stereocenters. The zero-order valence-electron chi connectivity index (χ0n) is 10.5. The number of hydrogen-bond donors (Lipinski definition) is 2. The van der Waals surface area contributed by atoms with Crippen molar-refractivity contribution in [1.29, 1.82) is 0 Å². The number of anilines is 2. The Bertz CT molecular complexity index is 688. The first-order chi connectivity index (χ1) is 9.63. The highest BCUT2D eigenvalue weighted by molar-refractivity contribution is 9.10. The fourth-order valence-corrected chi connectivity index (χ4v) is 2.82. The third kappa shape index (κ3) is 2.67. The molecule has 0 spiro atoms. The third-order valence-electron chi connectivity index (χ3n) is 3.25. The minimum absolute atomic E-state index is 0.206. The molecule has 2 aromatic carbocycles. The maximum atomic E-state index is 12.3. The summed E-state index contributed by atoms with van der Waals surface area (Å²) in [4.78, 5) is 12.3. The molecular weight excluding hydrogens is 340 g/mol. The summed E-state index contributed by atoms with van der Waals surface area (Å²) in [6.07, 6.45) is 0.983. The van der Waals surface area contributed by atoms with E-state index in [1.54, 1.807) is 18.2 Å². The van der Waals surface area contributed by atoms with Crippen molar-refractivity contribution in [3.05, 3.63) is 57.0 Å². The van der Waals surface area contributed by atoms with E-state index < -0.39 is 0 Å². The van der Waals surface area contributed by atoms with E-state index in [1.165, 1.54) is 5.56 Å². The number of carbonyl (C=O) groups is 1. The fraction of sp³-hybridized carbons (Fsp3) is 0.133. The van der Waals surface area contributed by atoms with Crippen LogP contribution >= 0.6 is 27.5 Å². The summed E-state index contributed by atoms with van der Waals surface area (Å²) < 4.78 is 0.824. The van der Waals surface area contributed by atoms with Crippen molar-refractivity contribution in [1.82, 2.24) is 0 Å². The van der Waals surface area contributed by atoms with Crippen molar-refractivity contribution in [2.45, 2.75) is 6.42 Å². The second-order valence-electron chi connectivity index (χ2n) is 4.63. The van der Waals surface area contributed by atoms with E-state index in [2.05, 4.69) is 26.6 Å². The van der Waals surface area contributed by atoms with Gasteiger partial charge in [0.15, 0.2) is 0 Å². The van der Waals surface area contributed by atoms with Crippen LogP contribution in [0.3, 0.4) is 0 Å². The molecule has 0 bridgehead atoms. The third-order valence-corrected chi connectivity index (χ3v) is 4.07. The molecule has 1 aliphatic rings. The Morgan fingerprint density at radius 2 is 2.10 bits per heavy atom. The number of hydrogen-bond acceptors (Lipinski definition) is 2. The Kier molecular flexibility index (Phi) is 3.68. The van der Waals surface area contributed by atoms with Gasteiger partial charge in [-0.3, -0.25) is 4.79 Å². The predicted octanol–water partition coefficient (Wildman–Crippen LogP) is 4.32. The summed E-state index contributed by atoms with van der Waals surface area (Å²) in [7, 11) is 0. The molecule has 2 aromatic rings. The molecule has 5 heteroatoms. The number of amides is 1. The Hall–Kier alpha value is -1.52. The van der Waals surface area contributed by atoms with Crippen molar-refractivity contribution in [2.24, 2.45) is 0 Å². The van der Waals surface area contributed by atoms with E-state index in [9.17, 15) is 4.79 Å². The minimum atomic E-state index is -0.206. The van der Waals surface area contributed by atoms with Gasteiger partial charge in [0.25, 0.3) is 5.91 Å². The van der Waals surface area contributed by atoms with E-state index in [1.807, 2.05) is 18.2 Å². The lowest BCUT2D eigenvalue weighted by Gasteiger charge is -2.09. The second-order valence-corrected chi connectivity index (χ2v) is 5.95. The number of halogens is 2. The van der Waals surface area contributed by atoms with Crippen molar-refractivity contribution in [3.8, 4) is 0 Å². The van der Waals surface area contributed by atoms with Crippen molar-refractivity contribution >= 4 is 44.8 Å². The summed E-state index contributed by atoms with van der Waals surface area (Å²) in [5, 5.41) is 6.61. The topological polar surface area (TPSA) is 41.1 Å². The van der Waals surface area contributed by atoms with Crippen LogP contribution in [0.15, 0.2) is 40.9 Å². The Morgan fingerprint density at radius 3 is 2.95 bits per heavy atom. The van der Waals surface area contributed by atoms with Crippen molar-refractivity contribution in [3.63, 3.8) is 0 Å². The molecule has 0 aliphatic carbocycles. The van der Waals surface area contributed by atoms with E-state index >= 15 is 0 Å². The molecule has 1 heterocycles. The Balaban J connectivity index is 1.84. The van der Waals surface area contributed by atoms with Gasteiger partial charge in [-0.05, 0) is 48.4 Å². The molecule has 0 radical (unpaired) electrons. The van der Waals surface area contributed by atoms with Crippen LogP contribution in [-0.2, 0) is 6.42 Å². The van der Waals surface area contributed by atoms with Gasteiger partial charge in [0.05, 0.1) is 10.6 Å². The average Bonchev–Trinajstić information content (AvgIpc) is 2.89. The SMILES string of the molecule is O=C(Nc1ccc2c(c1)CCN2)c1cc(Br)ccc1Cl. The summed E-state index contributed by atoms with van der Waals surface area (Å²) >= 11 is 9.40. The maximum Gasteiger partial charge on any atom is 0.257 e. The van der Waals surface area contributed by atoms with E-state index in [4.69, 9.17) is 11.6 Å². The molecule has 102 valence electrons. The maximum absolute atomic E-state index is 12.3. The van der Waals surface area contributed by atoms with E-state index in [-0.39, 0.29) is 5.91 Å². The van der Waals surface area contributed by atoms with Gasteiger partial charge in [-0.2, -0.15) is 0 Å². The van der Waals surface area contributed by atoms with Crippen LogP contribution in [0.2, 0.25) is 5.02 Å². The van der Waals surface area contributed by atoms with Crippen LogP contribution in [0.5, 0.6) is 0 Å². The lowest BCUT2D eigenvalue weighted by Crippen LogP contribution is -2.12. The van der Waals surface area contributed by atoms with Crippen molar-refractivity contribution < 1.29 is 4.79 Å². The fourth-order valence-electron chi connectivity index (χ4n) is 2.25. The highest BCUT2D eigenvalue weighted by Crippen LogP contribution is 2.26. The molecule has 0 atom stereocenters. The number of rotatable bonds is 2. The van der Waals surface area contributed by atoms with Gasteiger partial charge in [-0.1, -0.05) is 27.5 Å².